The Morgan fingerprint density at radius 2 is 2.14 bits per heavy atom. The van der Waals surface area contributed by atoms with Crippen LogP contribution in [0.3, 0.4) is 0 Å². The van der Waals surface area contributed by atoms with E-state index in [1.54, 1.807) is 19.3 Å². The summed E-state index contributed by atoms with van der Waals surface area (Å²) < 4.78 is 14.0. The molecule has 0 saturated heterocycles. The number of carbonyl (C=O) groups is 1. The van der Waals surface area contributed by atoms with Crippen molar-refractivity contribution in [2.45, 2.75) is 24.9 Å². The molecule has 1 aromatic carbocycles. The van der Waals surface area contributed by atoms with Gasteiger partial charge in [-0.3, -0.25) is 4.79 Å². The van der Waals surface area contributed by atoms with Gasteiger partial charge < -0.3 is 16.0 Å². The molecule has 4 aromatic rings. The fourth-order valence-corrected chi connectivity index (χ4v) is 3.88. The van der Waals surface area contributed by atoms with Gasteiger partial charge in [0.25, 0.3) is 0 Å². The topological polar surface area (TPSA) is 122 Å². The fourth-order valence-electron chi connectivity index (χ4n) is 3.03. The van der Waals surface area contributed by atoms with Crippen molar-refractivity contribution in [1.29, 1.82) is 0 Å². The number of fused-ring (bicyclic) bond motifs is 2. The quantitative estimate of drug-likeness (QED) is 0.417. The van der Waals surface area contributed by atoms with Gasteiger partial charge in [0.15, 0.2) is 11.5 Å². The molecule has 8 nitrogen and oxygen atoms in total. The fraction of sp³-hybridized carbons (Fsp3) is 0.211. The molecule has 0 aliphatic carbocycles. The average molecular weight is 411 g/mol. The maximum Gasteiger partial charge on any atom is 0.227 e. The van der Waals surface area contributed by atoms with Crippen LogP contribution in [0.2, 0.25) is 0 Å². The van der Waals surface area contributed by atoms with Crippen LogP contribution in [-0.4, -0.2) is 36.6 Å². The number of primary amides is 1. The van der Waals surface area contributed by atoms with Gasteiger partial charge in [0.2, 0.25) is 5.91 Å². The molecule has 4 rings (SSSR count). The Morgan fingerprint density at radius 3 is 2.93 bits per heavy atom. The lowest BCUT2D eigenvalue weighted by Crippen LogP contribution is -2.15. The lowest BCUT2D eigenvalue weighted by atomic mass is 10.1. The number of nitrogens with zero attached hydrogens (tertiary/aromatic N) is 4. The molecule has 0 saturated carbocycles. The molecular weight excluding hydrogens is 393 g/mol. The summed E-state index contributed by atoms with van der Waals surface area (Å²) in [6, 6.07) is 4.89. The molecule has 0 spiro atoms. The number of anilines is 1. The molecule has 0 aliphatic rings. The summed E-state index contributed by atoms with van der Waals surface area (Å²) in [5, 5.41) is 4.76. The number of nitrogens with one attached hydrogen (secondary N) is 2. The zero-order valence-electron chi connectivity index (χ0n) is 15.7. The number of carbonyl (C=O) groups excluding carboxylic acids is 1. The van der Waals surface area contributed by atoms with Gasteiger partial charge in [-0.15, -0.1) is 0 Å². The predicted octanol–water partition coefficient (Wildman–Crippen LogP) is 3.10. The number of hydrogen-bond acceptors (Lipinski definition) is 7. The number of aryl methyl sites for hydroxylation is 1. The predicted molar refractivity (Wildman–Crippen MR) is 110 cm³/mol. The Hall–Kier alpha value is -3.27. The van der Waals surface area contributed by atoms with Crippen molar-refractivity contribution < 1.29 is 9.18 Å². The highest BCUT2D eigenvalue weighted by molar-refractivity contribution is 7.99. The lowest BCUT2D eigenvalue weighted by molar-refractivity contribution is -0.115. The van der Waals surface area contributed by atoms with E-state index < -0.39 is 5.91 Å². The van der Waals surface area contributed by atoms with E-state index in [4.69, 9.17) is 5.73 Å². The smallest absolute Gasteiger partial charge is 0.227 e. The Balaban J connectivity index is 1.76. The van der Waals surface area contributed by atoms with Gasteiger partial charge in [-0.1, -0.05) is 11.8 Å². The third kappa shape index (κ3) is 3.83. The summed E-state index contributed by atoms with van der Waals surface area (Å²) in [7, 11) is 0. The molecule has 0 unspecified atom stereocenters. The third-order valence-corrected chi connectivity index (χ3v) is 5.51. The second-order valence-corrected chi connectivity index (χ2v) is 7.59. The summed E-state index contributed by atoms with van der Waals surface area (Å²) in [5.41, 5.74) is 8.46. The molecule has 4 N–H and O–H groups in total. The number of amides is 1. The first-order valence-electron chi connectivity index (χ1n) is 8.85. The van der Waals surface area contributed by atoms with Crippen LogP contribution in [0, 0.1) is 12.7 Å². The molecule has 1 atom stereocenters. The number of imidazole rings is 1. The number of nitrogens with two attached hydrogens (primary N) is 1. The molecule has 148 valence electrons. The molecule has 1 amide bonds. The van der Waals surface area contributed by atoms with Gasteiger partial charge in [-0.25, -0.2) is 24.3 Å². The van der Waals surface area contributed by atoms with Crippen LogP contribution >= 0.6 is 11.8 Å². The highest BCUT2D eigenvalue weighted by atomic mass is 32.2. The second kappa shape index (κ2) is 7.63. The van der Waals surface area contributed by atoms with E-state index in [1.165, 1.54) is 24.2 Å². The summed E-state index contributed by atoms with van der Waals surface area (Å²) in [4.78, 5) is 31.4. The maximum atomic E-state index is 14.0. The van der Waals surface area contributed by atoms with E-state index in [2.05, 4.69) is 30.2 Å². The maximum absolute atomic E-state index is 14.0. The minimum absolute atomic E-state index is 0.0743. The number of aromatic nitrogens is 5. The van der Waals surface area contributed by atoms with Crippen LogP contribution in [-0.2, 0) is 4.79 Å². The largest absolute Gasteiger partial charge is 0.369 e. The first-order chi connectivity index (χ1) is 13.9. The van der Waals surface area contributed by atoms with Crippen molar-refractivity contribution in [2.24, 2.45) is 5.73 Å². The van der Waals surface area contributed by atoms with Gasteiger partial charge in [0, 0.05) is 17.0 Å². The zero-order chi connectivity index (χ0) is 20.5. The van der Waals surface area contributed by atoms with E-state index in [-0.39, 0.29) is 17.6 Å². The second-order valence-electron chi connectivity index (χ2n) is 6.62. The Kier molecular flexibility index (Phi) is 5.01. The summed E-state index contributed by atoms with van der Waals surface area (Å²) in [6.07, 6.45) is 2.99. The Bertz CT molecular complexity index is 1230. The van der Waals surface area contributed by atoms with Gasteiger partial charge in [-0.05, 0) is 31.5 Å². The zero-order valence-corrected chi connectivity index (χ0v) is 16.5. The molecule has 0 radical (unpaired) electrons. The van der Waals surface area contributed by atoms with Crippen LogP contribution in [0.25, 0.3) is 22.1 Å². The number of aromatic amines is 1. The van der Waals surface area contributed by atoms with E-state index in [9.17, 15) is 9.18 Å². The van der Waals surface area contributed by atoms with Gasteiger partial charge >= 0.3 is 0 Å². The van der Waals surface area contributed by atoms with Crippen molar-refractivity contribution in [3.05, 3.63) is 47.8 Å². The van der Waals surface area contributed by atoms with Crippen molar-refractivity contribution in [3.8, 4) is 0 Å². The first-order valence-corrected chi connectivity index (χ1v) is 9.83. The lowest BCUT2D eigenvalue weighted by Gasteiger charge is -2.19. The molecular formula is C19H18FN7OS. The van der Waals surface area contributed by atoms with Crippen LogP contribution in [0.5, 0.6) is 0 Å². The SMILES string of the molecule is Cc1cc2cc([C@H](C)Nc3ncnc4nc[nH]c34)c(SCC(N)=O)nc2cc1F. The highest BCUT2D eigenvalue weighted by Crippen LogP contribution is 2.32. The normalized spacial score (nSPS) is 12.4. The molecule has 10 heteroatoms. The monoisotopic (exact) mass is 411 g/mol. The first kappa shape index (κ1) is 19.1. The molecule has 3 heterocycles. The van der Waals surface area contributed by atoms with Crippen LogP contribution in [0.15, 0.2) is 35.9 Å². The van der Waals surface area contributed by atoms with Gasteiger partial charge in [-0.2, -0.15) is 0 Å². The highest BCUT2D eigenvalue weighted by Gasteiger charge is 2.18. The summed E-state index contributed by atoms with van der Waals surface area (Å²) >= 11 is 1.22. The molecule has 29 heavy (non-hydrogen) atoms. The number of thioether (sulfide) groups is 1. The van der Waals surface area contributed by atoms with E-state index in [0.717, 1.165) is 10.9 Å². The number of rotatable bonds is 6. The van der Waals surface area contributed by atoms with Gasteiger partial charge in [0.1, 0.15) is 22.7 Å². The van der Waals surface area contributed by atoms with Crippen LogP contribution in [0.4, 0.5) is 10.2 Å². The molecule has 3 aromatic heterocycles. The summed E-state index contributed by atoms with van der Waals surface area (Å²) in [5.74, 6) is -0.0997. The van der Waals surface area contributed by atoms with Gasteiger partial charge in [0.05, 0.1) is 23.6 Å². The molecule has 0 fully saturated rings. The number of pyridine rings is 1. The number of hydrogen-bond donors (Lipinski definition) is 3. The van der Waals surface area contributed by atoms with Crippen molar-refractivity contribution in [2.75, 3.05) is 11.1 Å². The minimum atomic E-state index is -0.450. The average Bonchev–Trinajstić information content (AvgIpc) is 3.16. The van der Waals surface area contributed by atoms with Crippen molar-refractivity contribution in [1.82, 2.24) is 24.9 Å². The van der Waals surface area contributed by atoms with E-state index in [0.29, 0.717) is 33.1 Å². The van der Waals surface area contributed by atoms with Crippen molar-refractivity contribution >= 4 is 45.6 Å². The summed E-state index contributed by atoms with van der Waals surface area (Å²) in [6.45, 7) is 3.67. The van der Waals surface area contributed by atoms with E-state index >= 15 is 0 Å². The number of H-pyrrole nitrogens is 1. The minimum Gasteiger partial charge on any atom is -0.369 e. The molecule has 0 aliphatic heterocycles. The van der Waals surface area contributed by atoms with Crippen LogP contribution < -0.4 is 11.1 Å². The number of benzene rings is 1. The molecule has 0 bridgehead atoms. The number of halogens is 1. The van der Waals surface area contributed by atoms with Crippen molar-refractivity contribution in [3.63, 3.8) is 0 Å². The third-order valence-electron chi connectivity index (χ3n) is 4.48. The van der Waals surface area contributed by atoms with Crippen LogP contribution in [0.1, 0.15) is 24.1 Å². The Morgan fingerprint density at radius 1 is 1.31 bits per heavy atom. The Labute approximate surface area is 169 Å². The van der Waals surface area contributed by atoms with E-state index in [1.807, 2.05) is 13.0 Å². The standard InChI is InChI=1S/C19H18FN7OS/c1-9-3-11-4-12(19(29-6-15(21)28)27-14(11)5-13(9)20)10(2)26-18-16-17(23-7-22-16)24-8-25-18/h3-5,7-8,10H,6H2,1-2H3,(H2,21,28)(H2,22,23,24,25,26)/t10-/m0/s1.